The molecule has 0 spiro atoms. The molecule has 0 aliphatic rings. The molecule has 0 amide bonds. The molecular formula is C24H38FNO2. The van der Waals surface area contributed by atoms with Crippen molar-refractivity contribution in [3.63, 3.8) is 0 Å². The lowest BCUT2D eigenvalue weighted by Gasteiger charge is -2.15. The summed E-state index contributed by atoms with van der Waals surface area (Å²) in [4.78, 5) is 0. The summed E-state index contributed by atoms with van der Waals surface area (Å²) in [5.74, 6) is -0.431. The van der Waals surface area contributed by atoms with Gasteiger partial charge in [-0.05, 0) is 30.2 Å². The Morgan fingerprint density at radius 1 is 0.929 bits per heavy atom. The van der Waals surface area contributed by atoms with Crippen LogP contribution in [0.15, 0.2) is 18.2 Å². The fourth-order valence-corrected chi connectivity index (χ4v) is 3.45. The van der Waals surface area contributed by atoms with Gasteiger partial charge in [-0.1, -0.05) is 84.0 Å². The van der Waals surface area contributed by atoms with Crippen molar-refractivity contribution >= 4 is 0 Å². The molecule has 3 nitrogen and oxygen atoms in total. The summed E-state index contributed by atoms with van der Waals surface area (Å²) < 4.78 is 19.1. The number of hydrogen-bond acceptors (Lipinski definition) is 3. The third-order valence-electron chi connectivity index (χ3n) is 5.16. The lowest BCUT2D eigenvalue weighted by molar-refractivity contribution is -0.00357. The Balaban J connectivity index is 2.04. The molecule has 1 atom stereocenters. The van der Waals surface area contributed by atoms with E-state index in [2.05, 4.69) is 6.92 Å². The van der Waals surface area contributed by atoms with Gasteiger partial charge in [0.25, 0.3) is 0 Å². The number of ether oxygens (including phenoxy) is 1. The molecule has 4 heteroatoms. The average Bonchev–Trinajstić information content (AvgIpc) is 2.70. The maximum absolute atomic E-state index is 13.4. The van der Waals surface area contributed by atoms with E-state index >= 15 is 0 Å². The predicted octanol–water partition coefficient (Wildman–Crippen LogP) is 6.67. The van der Waals surface area contributed by atoms with Crippen LogP contribution in [0.4, 0.5) is 4.39 Å². The Morgan fingerprint density at radius 3 is 2.04 bits per heavy atom. The first-order chi connectivity index (χ1) is 13.7. The summed E-state index contributed by atoms with van der Waals surface area (Å²) in [6.45, 7) is 2.44. The van der Waals surface area contributed by atoms with Crippen molar-refractivity contribution in [2.75, 3.05) is 6.61 Å². The van der Waals surface area contributed by atoms with Gasteiger partial charge in [0.15, 0.2) is 0 Å². The minimum absolute atomic E-state index is 0.0293. The van der Waals surface area contributed by atoms with Gasteiger partial charge in [-0.15, -0.1) is 0 Å². The lowest BCUT2D eigenvalue weighted by atomic mass is 10.0. The Bertz CT molecular complexity index is 556. The van der Waals surface area contributed by atoms with Crippen molar-refractivity contribution in [3.8, 4) is 6.07 Å². The highest BCUT2D eigenvalue weighted by Gasteiger charge is 2.09. The number of halogens is 1. The van der Waals surface area contributed by atoms with E-state index in [1.165, 1.54) is 76.3 Å². The number of hydrogen-bond donors (Lipinski definition) is 1. The molecule has 1 rings (SSSR count). The van der Waals surface area contributed by atoms with Crippen LogP contribution in [0.3, 0.4) is 0 Å². The molecule has 158 valence electrons. The molecule has 0 aliphatic carbocycles. The van der Waals surface area contributed by atoms with Crippen LogP contribution in [-0.4, -0.2) is 17.8 Å². The Morgan fingerprint density at radius 2 is 1.50 bits per heavy atom. The summed E-state index contributed by atoms with van der Waals surface area (Å²) in [7, 11) is 0. The number of nitrogens with zero attached hydrogens (tertiary/aromatic N) is 1. The first-order valence-electron chi connectivity index (χ1n) is 11.1. The number of aliphatic hydroxyl groups is 1. The normalized spacial score (nSPS) is 12.1. The van der Waals surface area contributed by atoms with Crippen LogP contribution in [0.2, 0.25) is 0 Å². The fraction of sp³-hybridized carbons (Fsp3) is 0.708. The van der Waals surface area contributed by atoms with E-state index in [0.29, 0.717) is 11.1 Å². The second kappa shape index (κ2) is 16.5. The third-order valence-corrected chi connectivity index (χ3v) is 5.16. The molecule has 1 N–H and O–H groups in total. The second-order valence-electron chi connectivity index (χ2n) is 7.75. The van der Waals surface area contributed by atoms with E-state index in [-0.39, 0.29) is 19.3 Å². The highest BCUT2D eigenvalue weighted by Crippen LogP contribution is 2.15. The third kappa shape index (κ3) is 12.1. The van der Waals surface area contributed by atoms with Gasteiger partial charge in [0, 0.05) is 0 Å². The zero-order valence-electron chi connectivity index (χ0n) is 17.6. The first kappa shape index (κ1) is 24.6. The maximum Gasteiger partial charge on any atom is 0.124 e. The van der Waals surface area contributed by atoms with Crippen molar-refractivity contribution in [2.24, 2.45) is 0 Å². The number of unbranched alkanes of at least 4 members (excludes halogenated alkanes) is 11. The number of rotatable bonds is 17. The molecule has 28 heavy (non-hydrogen) atoms. The van der Waals surface area contributed by atoms with Crippen LogP contribution in [0.1, 0.15) is 102 Å². The lowest BCUT2D eigenvalue weighted by Crippen LogP contribution is -2.17. The van der Waals surface area contributed by atoms with Gasteiger partial charge < -0.3 is 9.84 Å². The second-order valence-corrected chi connectivity index (χ2v) is 7.75. The number of benzene rings is 1. The quantitative estimate of drug-likeness (QED) is 0.302. The van der Waals surface area contributed by atoms with Gasteiger partial charge in [-0.25, -0.2) is 4.39 Å². The van der Waals surface area contributed by atoms with Crippen LogP contribution in [0.5, 0.6) is 0 Å². The highest BCUT2D eigenvalue weighted by molar-refractivity contribution is 5.33. The van der Waals surface area contributed by atoms with Crippen LogP contribution in [0.25, 0.3) is 0 Å². The minimum atomic E-state index is -0.431. The van der Waals surface area contributed by atoms with Gasteiger partial charge >= 0.3 is 0 Å². The zero-order chi connectivity index (χ0) is 20.5. The molecule has 0 fully saturated rings. The molecule has 0 aromatic heterocycles. The molecule has 1 aromatic carbocycles. The van der Waals surface area contributed by atoms with Gasteiger partial charge in [0.1, 0.15) is 5.82 Å². The molecule has 1 unspecified atom stereocenters. The maximum atomic E-state index is 13.4. The van der Waals surface area contributed by atoms with Gasteiger partial charge in [0.05, 0.1) is 31.0 Å². The van der Waals surface area contributed by atoms with E-state index in [4.69, 9.17) is 10.00 Å². The number of aliphatic hydroxyl groups excluding tert-OH is 1. The van der Waals surface area contributed by atoms with Crippen molar-refractivity contribution < 1.29 is 14.2 Å². The van der Waals surface area contributed by atoms with Crippen molar-refractivity contribution in [1.29, 1.82) is 5.26 Å². The van der Waals surface area contributed by atoms with E-state index in [0.717, 1.165) is 19.3 Å². The van der Waals surface area contributed by atoms with Crippen LogP contribution in [0, 0.1) is 17.1 Å². The SMILES string of the molecule is CCCCCCCCCCCCCCC(CO)OCc1cc(F)cc(C#N)c1. The molecule has 0 saturated carbocycles. The Kier molecular flexibility index (Phi) is 14.5. The van der Waals surface area contributed by atoms with E-state index in [1.54, 1.807) is 6.07 Å². The fourth-order valence-electron chi connectivity index (χ4n) is 3.45. The minimum Gasteiger partial charge on any atom is -0.394 e. The van der Waals surface area contributed by atoms with Gasteiger partial charge in [-0.2, -0.15) is 5.26 Å². The molecular weight excluding hydrogens is 353 g/mol. The van der Waals surface area contributed by atoms with Crippen molar-refractivity contribution in [2.45, 2.75) is 103 Å². The largest absolute Gasteiger partial charge is 0.394 e. The summed E-state index contributed by atoms with van der Waals surface area (Å²) in [6, 6.07) is 6.15. The Hall–Kier alpha value is -1.44. The summed E-state index contributed by atoms with van der Waals surface area (Å²) in [5.41, 5.74) is 0.921. The first-order valence-corrected chi connectivity index (χ1v) is 11.1. The average molecular weight is 392 g/mol. The summed E-state index contributed by atoms with van der Waals surface area (Å²) in [6.07, 6.45) is 16.2. The topological polar surface area (TPSA) is 53.2 Å². The Labute approximate surface area is 170 Å². The summed E-state index contributed by atoms with van der Waals surface area (Å²) >= 11 is 0. The van der Waals surface area contributed by atoms with Crippen molar-refractivity contribution in [1.82, 2.24) is 0 Å². The molecule has 1 aromatic rings. The van der Waals surface area contributed by atoms with E-state index in [9.17, 15) is 9.50 Å². The molecule has 0 bridgehead atoms. The van der Waals surface area contributed by atoms with E-state index < -0.39 is 5.82 Å². The highest BCUT2D eigenvalue weighted by atomic mass is 19.1. The van der Waals surface area contributed by atoms with Crippen molar-refractivity contribution in [3.05, 3.63) is 35.1 Å². The van der Waals surface area contributed by atoms with Crippen LogP contribution >= 0.6 is 0 Å². The standard InChI is InChI=1S/C24H38FNO2/c1-2-3-4-5-6-7-8-9-10-11-12-13-14-24(19-27)28-20-22-15-21(18-26)16-23(25)17-22/h15-17,24,27H,2-14,19-20H2,1H3. The zero-order valence-corrected chi connectivity index (χ0v) is 17.6. The van der Waals surface area contributed by atoms with Gasteiger partial charge in [0.2, 0.25) is 0 Å². The molecule has 0 aliphatic heterocycles. The smallest absolute Gasteiger partial charge is 0.124 e. The molecule has 0 saturated heterocycles. The molecule has 0 radical (unpaired) electrons. The van der Waals surface area contributed by atoms with Crippen LogP contribution < -0.4 is 0 Å². The predicted molar refractivity (Wildman–Crippen MR) is 112 cm³/mol. The van der Waals surface area contributed by atoms with Gasteiger partial charge in [-0.3, -0.25) is 0 Å². The number of nitriles is 1. The monoisotopic (exact) mass is 391 g/mol. The summed E-state index contributed by atoms with van der Waals surface area (Å²) in [5, 5.41) is 18.4. The van der Waals surface area contributed by atoms with E-state index in [1.807, 2.05) is 6.07 Å². The molecule has 0 heterocycles. The van der Waals surface area contributed by atoms with Crippen LogP contribution in [-0.2, 0) is 11.3 Å².